The molecule has 3 rings (SSSR count). The highest BCUT2D eigenvalue weighted by Gasteiger charge is 2.23. The summed E-state index contributed by atoms with van der Waals surface area (Å²) in [7, 11) is 1.14. The van der Waals surface area contributed by atoms with E-state index in [-0.39, 0.29) is 21.1 Å². The number of esters is 1. The number of pyridine rings is 1. The van der Waals surface area contributed by atoms with Crippen molar-refractivity contribution in [3.8, 4) is 5.69 Å². The number of fused-ring (bicyclic) bond motifs is 1. The number of nitrogens with two attached hydrogens (primary N) is 2. The third kappa shape index (κ3) is 2.74. The van der Waals surface area contributed by atoms with Gasteiger partial charge in [0.15, 0.2) is 0 Å². The van der Waals surface area contributed by atoms with Crippen LogP contribution in [0.4, 0.5) is 15.8 Å². The number of rotatable bonds is 2. The van der Waals surface area contributed by atoms with E-state index in [1.807, 2.05) is 0 Å². The number of anilines is 2. The molecule has 0 saturated heterocycles. The van der Waals surface area contributed by atoms with Crippen molar-refractivity contribution in [1.82, 2.24) is 4.57 Å². The predicted molar refractivity (Wildman–Crippen MR) is 97.4 cm³/mol. The maximum Gasteiger partial charge on any atom is 0.345 e. The number of methoxy groups -OCH3 is 1. The normalized spacial score (nSPS) is 10.8. The molecule has 1 heterocycles. The Bertz CT molecular complexity index is 1060. The number of hydrogen-bond acceptors (Lipinski definition) is 5. The van der Waals surface area contributed by atoms with Gasteiger partial charge in [0.2, 0.25) is 0 Å². The van der Waals surface area contributed by atoms with Crippen LogP contribution in [-0.4, -0.2) is 17.6 Å². The number of nitrogens with zero attached hydrogens (tertiary/aromatic N) is 1. The Morgan fingerprint density at radius 2 is 1.84 bits per heavy atom. The minimum Gasteiger partial charge on any atom is -0.465 e. The Hall–Kier alpha value is -2.87. The van der Waals surface area contributed by atoms with E-state index in [0.717, 1.165) is 13.2 Å². The maximum atomic E-state index is 14.0. The fraction of sp³-hybridized carbons (Fsp3) is 0.0588. The Morgan fingerprint density at radius 3 is 2.44 bits per heavy atom. The van der Waals surface area contributed by atoms with Crippen molar-refractivity contribution in [1.29, 1.82) is 0 Å². The zero-order valence-electron chi connectivity index (χ0n) is 13.0. The molecule has 0 amide bonds. The molecule has 0 bridgehead atoms. The first-order valence-electron chi connectivity index (χ1n) is 7.12. The van der Waals surface area contributed by atoms with E-state index in [1.165, 1.54) is 10.6 Å². The Kier molecular flexibility index (Phi) is 4.22. The van der Waals surface area contributed by atoms with Crippen LogP contribution in [0.15, 0.2) is 45.7 Å². The van der Waals surface area contributed by atoms with Crippen molar-refractivity contribution in [2.75, 3.05) is 18.6 Å². The smallest absolute Gasteiger partial charge is 0.345 e. The van der Waals surface area contributed by atoms with Crippen LogP contribution >= 0.6 is 15.9 Å². The van der Waals surface area contributed by atoms with Crippen LogP contribution in [0.25, 0.3) is 16.6 Å². The fourth-order valence-corrected chi connectivity index (χ4v) is 2.92. The lowest BCUT2D eigenvalue weighted by Gasteiger charge is -2.16. The summed E-state index contributed by atoms with van der Waals surface area (Å²) in [5.74, 6) is -1.46. The molecule has 0 atom stereocenters. The van der Waals surface area contributed by atoms with E-state index < -0.39 is 17.3 Å². The molecule has 6 nitrogen and oxygen atoms in total. The van der Waals surface area contributed by atoms with Gasteiger partial charge in [-0.3, -0.25) is 9.36 Å². The van der Waals surface area contributed by atoms with Crippen molar-refractivity contribution in [3.63, 3.8) is 0 Å². The van der Waals surface area contributed by atoms with E-state index in [1.54, 1.807) is 24.3 Å². The molecule has 4 N–H and O–H groups in total. The quantitative estimate of drug-likeness (QED) is 0.504. The highest BCUT2D eigenvalue weighted by molar-refractivity contribution is 9.10. The first kappa shape index (κ1) is 17.0. The SMILES string of the molecule is COC(=O)c1c(N)c2cc(F)c(Br)cc2n(-c2ccc(N)cc2)c1=O. The molecule has 0 spiro atoms. The summed E-state index contributed by atoms with van der Waals surface area (Å²) in [6, 6.07) is 9.05. The zero-order valence-corrected chi connectivity index (χ0v) is 14.6. The third-order valence-electron chi connectivity index (χ3n) is 3.80. The molecule has 0 fully saturated rings. The van der Waals surface area contributed by atoms with Gasteiger partial charge in [0.1, 0.15) is 11.4 Å². The molecule has 1 aromatic heterocycles. The van der Waals surface area contributed by atoms with E-state index in [9.17, 15) is 14.0 Å². The summed E-state index contributed by atoms with van der Waals surface area (Å²) in [6.07, 6.45) is 0. The number of nitrogen functional groups attached to an aromatic ring is 2. The number of carbonyl (C=O) groups is 1. The van der Waals surface area contributed by atoms with Gasteiger partial charge in [0.25, 0.3) is 5.56 Å². The van der Waals surface area contributed by atoms with E-state index >= 15 is 0 Å². The van der Waals surface area contributed by atoms with Crippen LogP contribution in [0, 0.1) is 5.82 Å². The summed E-state index contributed by atoms with van der Waals surface area (Å²) < 4.78 is 20.1. The largest absolute Gasteiger partial charge is 0.465 e. The number of carbonyl (C=O) groups excluding carboxylic acids is 1. The van der Waals surface area contributed by atoms with Crippen LogP contribution in [0.2, 0.25) is 0 Å². The molecular formula is C17H13BrFN3O3. The summed E-state index contributed by atoms with van der Waals surface area (Å²) in [5, 5.41) is 0.220. The highest BCUT2D eigenvalue weighted by atomic mass is 79.9. The van der Waals surface area contributed by atoms with Crippen molar-refractivity contribution < 1.29 is 13.9 Å². The molecule has 0 aliphatic carbocycles. The molecule has 0 aliphatic heterocycles. The first-order valence-corrected chi connectivity index (χ1v) is 7.92. The second-order valence-electron chi connectivity index (χ2n) is 5.30. The molecule has 25 heavy (non-hydrogen) atoms. The monoisotopic (exact) mass is 405 g/mol. The van der Waals surface area contributed by atoms with Crippen LogP contribution in [0.3, 0.4) is 0 Å². The van der Waals surface area contributed by atoms with Crippen LogP contribution in [0.5, 0.6) is 0 Å². The number of aromatic nitrogens is 1. The van der Waals surface area contributed by atoms with Gasteiger partial charge in [0, 0.05) is 16.8 Å². The highest BCUT2D eigenvalue weighted by Crippen LogP contribution is 2.30. The van der Waals surface area contributed by atoms with Gasteiger partial charge in [-0.1, -0.05) is 0 Å². The standard InChI is InChI=1S/C17H13BrFN3O3/c1-25-17(24)14-15(21)10-6-12(19)11(18)7-13(10)22(16(14)23)9-4-2-8(20)3-5-9/h2-7H,20-21H2,1H3. The van der Waals surface area contributed by atoms with E-state index in [4.69, 9.17) is 11.5 Å². The van der Waals surface area contributed by atoms with Gasteiger partial charge in [0.05, 0.1) is 22.8 Å². The second-order valence-corrected chi connectivity index (χ2v) is 6.15. The van der Waals surface area contributed by atoms with Crippen molar-refractivity contribution in [3.05, 3.63) is 62.6 Å². The predicted octanol–water partition coefficient (Wildman–Crippen LogP) is 2.84. The van der Waals surface area contributed by atoms with Crippen molar-refractivity contribution >= 4 is 44.2 Å². The molecule has 0 unspecified atom stereocenters. The third-order valence-corrected chi connectivity index (χ3v) is 4.40. The van der Waals surface area contributed by atoms with Crippen LogP contribution in [0.1, 0.15) is 10.4 Å². The van der Waals surface area contributed by atoms with Gasteiger partial charge in [-0.25, -0.2) is 9.18 Å². The molecular weight excluding hydrogens is 393 g/mol. The number of hydrogen-bond donors (Lipinski definition) is 2. The average molecular weight is 406 g/mol. The Morgan fingerprint density at radius 1 is 1.20 bits per heavy atom. The van der Waals surface area contributed by atoms with Gasteiger partial charge < -0.3 is 16.2 Å². The summed E-state index contributed by atoms with van der Waals surface area (Å²) in [5.41, 5.74) is 11.8. The van der Waals surface area contributed by atoms with Gasteiger partial charge in [-0.2, -0.15) is 0 Å². The lowest BCUT2D eigenvalue weighted by atomic mass is 10.1. The van der Waals surface area contributed by atoms with Crippen molar-refractivity contribution in [2.45, 2.75) is 0 Å². The summed E-state index contributed by atoms with van der Waals surface area (Å²) in [4.78, 5) is 25.0. The number of ether oxygens (including phenoxy) is 1. The van der Waals surface area contributed by atoms with E-state index in [0.29, 0.717) is 16.9 Å². The lowest BCUT2D eigenvalue weighted by Crippen LogP contribution is -2.28. The van der Waals surface area contributed by atoms with E-state index in [2.05, 4.69) is 20.7 Å². The molecule has 2 aromatic carbocycles. The fourth-order valence-electron chi connectivity index (χ4n) is 2.59. The van der Waals surface area contributed by atoms with Gasteiger partial charge >= 0.3 is 5.97 Å². The van der Waals surface area contributed by atoms with Crippen LogP contribution in [-0.2, 0) is 4.74 Å². The van der Waals surface area contributed by atoms with Crippen molar-refractivity contribution in [2.24, 2.45) is 0 Å². The minimum absolute atomic E-state index is 0.134. The molecule has 8 heteroatoms. The molecule has 0 saturated carbocycles. The zero-order chi connectivity index (χ0) is 18.3. The molecule has 128 valence electrons. The topological polar surface area (TPSA) is 100 Å². The lowest BCUT2D eigenvalue weighted by molar-refractivity contribution is 0.0600. The first-order chi connectivity index (χ1) is 11.8. The Labute approximate surface area is 149 Å². The summed E-state index contributed by atoms with van der Waals surface area (Å²) in [6.45, 7) is 0. The number of benzene rings is 2. The average Bonchev–Trinajstić information content (AvgIpc) is 2.58. The number of halogens is 2. The molecule has 3 aromatic rings. The Balaban J connectivity index is 2.53. The maximum absolute atomic E-state index is 14.0. The molecule has 0 radical (unpaired) electrons. The second kappa shape index (κ2) is 6.21. The van der Waals surface area contributed by atoms with Gasteiger partial charge in [-0.05, 0) is 52.3 Å². The summed E-state index contributed by atoms with van der Waals surface area (Å²) >= 11 is 3.10. The van der Waals surface area contributed by atoms with Crippen LogP contribution < -0.4 is 17.0 Å². The minimum atomic E-state index is -0.892. The molecule has 0 aliphatic rings. The van der Waals surface area contributed by atoms with Gasteiger partial charge in [-0.15, -0.1) is 0 Å².